The van der Waals surface area contributed by atoms with Crippen LogP contribution in [0, 0.1) is 0 Å². The lowest BCUT2D eigenvalue weighted by atomic mass is 10.0. The molecule has 0 aliphatic heterocycles. The van der Waals surface area contributed by atoms with Crippen molar-refractivity contribution in [2.75, 3.05) is 5.32 Å². The van der Waals surface area contributed by atoms with E-state index in [0.29, 0.717) is 17.0 Å². The standard InChI is InChI=1S/C28H22N4O2/c29-27(34)24(20-7-2-1-3-8-20)16-22-17-30-28-23(22)12-13-25(32-28)31-26(33)15-18-10-11-19-6-4-5-9-21(19)14-18/h1-14,16-17H,15H2,(H2,29,34)(H2,30,31,32,33)/b24-16+. The number of carbonyl (C=O) groups excluding carboxylic acids is 2. The fraction of sp³-hybridized carbons (Fsp3) is 0.0357. The number of nitrogens with two attached hydrogens (primary N) is 1. The highest BCUT2D eigenvalue weighted by Gasteiger charge is 2.12. The van der Waals surface area contributed by atoms with E-state index in [1.54, 1.807) is 18.3 Å². The lowest BCUT2D eigenvalue weighted by Gasteiger charge is -2.06. The SMILES string of the molecule is NC(=O)/C(=C/c1c[nH]c2nc(NC(=O)Cc3ccc4ccccc4c3)ccc12)c1ccccc1. The largest absolute Gasteiger partial charge is 0.366 e. The Hall–Kier alpha value is -4.71. The van der Waals surface area contributed by atoms with Crippen molar-refractivity contribution in [2.24, 2.45) is 5.73 Å². The second-order valence-corrected chi connectivity index (χ2v) is 8.03. The predicted molar refractivity (Wildman–Crippen MR) is 136 cm³/mol. The number of nitrogens with one attached hydrogen (secondary N) is 2. The smallest absolute Gasteiger partial charge is 0.249 e. The van der Waals surface area contributed by atoms with Crippen molar-refractivity contribution >= 4 is 51.1 Å². The molecule has 6 nitrogen and oxygen atoms in total. The van der Waals surface area contributed by atoms with Crippen molar-refractivity contribution in [1.82, 2.24) is 9.97 Å². The van der Waals surface area contributed by atoms with Gasteiger partial charge in [-0.2, -0.15) is 0 Å². The number of rotatable bonds is 6. The first kappa shape index (κ1) is 21.2. The molecule has 0 spiro atoms. The van der Waals surface area contributed by atoms with Crippen LogP contribution in [0.5, 0.6) is 0 Å². The van der Waals surface area contributed by atoms with Gasteiger partial charge in [0.15, 0.2) is 0 Å². The van der Waals surface area contributed by atoms with Crippen LogP contribution in [-0.2, 0) is 16.0 Å². The molecule has 2 amide bonds. The van der Waals surface area contributed by atoms with Crippen molar-refractivity contribution < 1.29 is 9.59 Å². The summed E-state index contributed by atoms with van der Waals surface area (Å²) in [6.45, 7) is 0. The number of hydrogen-bond acceptors (Lipinski definition) is 3. The molecule has 0 aliphatic rings. The Balaban J connectivity index is 1.35. The summed E-state index contributed by atoms with van der Waals surface area (Å²) in [4.78, 5) is 32.3. The molecule has 5 rings (SSSR count). The van der Waals surface area contributed by atoms with Crippen LogP contribution in [0.15, 0.2) is 91.1 Å². The van der Waals surface area contributed by atoms with Crippen LogP contribution in [0.3, 0.4) is 0 Å². The third-order valence-electron chi connectivity index (χ3n) is 5.67. The third-order valence-corrected chi connectivity index (χ3v) is 5.67. The topological polar surface area (TPSA) is 101 Å². The Morgan fingerprint density at radius 1 is 0.912 bits per heavy atom. The third kappa shape index (κ3) is 4.42. The minimum absolute atomic E-state index is 0.145. The average molecular weight is 447 g/mol. The van der Waals surface area contributed by atoms with E-state index in [2.05, 4.69) is 15.3 Å². The van der Waals surface area contributed by atoms with Gasteiger partial charge in [-0.25, -0.2) is 4.98 Å². The Morgan fingerprint density at radius 3 is 2.47 bits per heavy atom. The number of anilines is 1. The van der Waals surface area contributed by atoms with Crippen molar-refractivity contribution in [3.63, 3.8) is 0 Å². The van der Waals surface area contributed by atoms with Crippen LogP contribution < -0.4 is 11.1 Å². The average Bonchev–Trinajstić information content (AvgIpc) is 3.24. The maximum Gasteiger partial charge on any atom is 0.249 e. The molecule has 3 aromatic carbocycles. The number of amides is 2. The van der Waals surface area contributed by atoms with E-state index in [-0.39, 0.29) is 12.3 Å². The van der Waals surface area contributed by atoms with Crippen LogP contribution in [0.4, 0.5) is 5.82 Å². The van der Waals surface area contributed by atoms with E-state index in [9.17, 15) is 9.59 Å². The van der Waals surface area contributed by atoms with E-state index in [1.807, 2.05) is 78.9 Å². The highest BCUT2D eigenvalue weighted by molar-refractivity contribution is 6.24. The van der Waals surface area contributed by atoms with Gasteiger partial charge in [0.2, 0.25) is 11.8 Å². The summed E-state index contributed by atoms with van der Waals surface area (Å²) < 4.78 is 0. The molecule has 34 heavy (non-hydrogen) atoms. The van der Waals surface area contributed by atoms with Gasteiger partial charge in [-0.05, 0) is 40.1 Å². The molecule has 6 heteroatoms. The molecule has 0 radical (unpaired) electrons. The molecular weight excluding hydrogens is 424 g/mol. The summed E-state index contributed by atoms with van der Waals surface area (Å²) in [7, 11) is 0. The molecule has 0 aliphatic carbocycles. The minimum atomic E-state index is -0.508. The fourth-order valence-electron chi connectivity index (χ4n) is 4.01. The summed E-state index contributed by atoms with van der Waals surface area (Å²) in [5.74, 6) is -0.200. The lowest BCUT2D eigenvalue weighted by Crippen LogP contribution is -2.15. The van der Waals surface area contributed by atoms with Crippen molar-refractivity contribution in [2.45, 2.75) is 6.42 Å². The van der Waals surface area contributed by atoms with Gasteiger partial charge in [0.1, 0.15) is 11.5 Å². The maximum absolute atomic E-state index is 12.6. The second kappa shape index (κ2) is 9.03. The normalized spacial score (nSPS) is 11.6. The van der Waals surface area contributed by atoms with Gasteiger partial charge in [0.25, 0.3) is 0 Å². The van der Waals surface area contributed by atoms with E-state index in [0.717, 1.165) is 32.8 Å². The highest BCUT2D eigenvalue weighted by atomic mass is 16.2. The number of hydrogen-bond donors (Lipinski definition) is 3. The van der Waals surface area contributed by atoms with Crippen molar-refractivity contribution in [3.05, 3.63) is 108 Å². The molecule has 4 N–H and O–H groups in total. The summed E-state index contributed by atoms with van der Waals surface area (Å²) in [5, 5.41) is 5.93. The first-order valence-corrected chi connectivity index (χ1v) is 10.9. The minimum Gasteiger partial charge on any atom is -0.366 e. The summed E-state index contributed by atoms with van der Waals surface area (Å²) in [6, 6.07) is 27.0. The molecule has 0 fully saturated rings. The molecule has 0 unspecified atom stereocenters. The fourth-order valence-corrected chi connectivity index (χ4v) is 4.01. The number of aromatic nitrogens is 2. The van der Waals surface area contributed by atoms with Gasteiger partial charge in [-0.15, -0.1) is 0 Å². The molecular formula is C28H22N4O2. The van der Waals surface area contributed by atoms with Crippen LogP contribution in [0.2, 0.25) is 0 Å². The number of primary amides is 1. The zero-order valence-corrected chi connectivity index (χ0v) is 18.3. The monoisotopic (exact) mass is 446 g/mol. The van der Waals surface area contributed by atoms with Gasteiger partial charge >= 0.3 is 0 Å². The number of H-pyrrole nitrogens is 1. The van der Waals surface area contributed by atoms with Crippen LogP contribution in [-0.4, -0.2) is 21.8 Å². The first-order chi connectivity index (χ1) is 16.6. The van der Waals surface area contributed by atoms with E-state index in [1.165, 1.54) is 0 Å². The lowest BCUT2D eigenvalue weighted by molar-refractivity contribution is -0.115. The molecule has 0 bridgehead atoms. The molecule has 0 saturated carbocycles. The zero-order valence-electron chi connectivity index (χ0n) is 18.3. The Labute approximate surface area is 196 Å². The van der Waals surface area contributed by atoms with Gasteiger partial charge in [-0.1, -0.05) is 72.8 Å². The van der Waals surface area contributed by atoms with Crippen LogP contribution in [0.1, 0.15) is 16.7 Å². The maximum atomic E-state index is 12.6. The number of nitrogens with zero attached hydrogens (tertiary/aromatic N) is 1. The van der Waals surface area contributed by atoms with E-state index < -0.39 is 5.91 Å². The number of aromatic amines is 1. The molecule has 2 heterocycles. The summed E-state index contributed by atoms with van der Waals surface area (Å²) in [5.41, 5.74) is 9.10. The molecule has 166 valence electrons. The second-order valence-electron chi connectivity index (χ2n) is 8.03. The highest BCUT2D eigenvalue weighted by Crippen LogP contribution is 2.25. The number of benzene rings is 3. The number of carbonyl (C=O) groups is 2. The number of pyridine rings is 1. The van der Waals surface area contributed by atoms with Crippen LogP contribution >= 0.6 is 0 Å². The van der Waals surface area contributed by atoms with Crippen molar-refractivity contribution in [1.29, 1.82) is 0 Å². The molecule has 2 aromatic heterocycles. The quantitative estimate of drug-likeness (QED) is 0.323. The van der Waals surface area contributed by atoms with Crippen LogP contribution in [0.25, 0.3) is 33.5 Å². The summed E-state index contributed by atoms with van der Waals surface area (Å²) >= 11 is 0. The zero-order chi connectivity index (χ0) is 23.5. The Kier molecular flexibility index (Phi) is 5.62. The molecule has 0 atom stereocenters. The van der Waals surface area contributed by atoms with Crippen molar-refractivity contribution in [3.8, 4) is 0 Å². The van der Waals surface area contributed by atoms with E-state index >= 15 is 0 Å². The van der Waals surface area contributed by atoms with E-state index in [4.69, 9.17) is 5.73 Å². The number of fused-ring (bicyclic) bond motifs is 2. The van der Waals surface area contributed by atoms with Gasteiger partial charge in [-0.3, -0.25) is 9.59 Å². The Morgan fingerprint density at radius 2 is 1.68 bits per heavy atom. The molecule has 0 saturated heterocycles. The summed E-state index contributed by atoms with van der Waals surface area (Å²) in [6.07, 6.45) is 3.77. The molecule has 5 aromatic rings. The van der Waals surface area contributed by atoms with Gasteiger partial charge in [0.05, 0.1) is 6.42 Å². The van der Waals surface area contributed by atoms with Gasteiger partial charge in [0, 0.05) is 22.7 Å². The predicted octanol–water partition coefficient (Wildman–Crippen LogP) is 4.92. The Bertz CT molecular complexity index is 1550. The first-order valence-electron chi connectivity index (χ1n) is 10.9. The van der Waals surface area contributed by atoms with Gasteiger partial charge < -0.3 is 16.0 Å².